The SMILES string of the molecule is Nc1nc(=O)n([C@H]2CCC(N3C(=O)c4ccccc4C3=O)C2)cc1F. The zero-order valence-corrected chi connectivity index (χ0v) is 13.2. The molecule has 1 fully saturated rings. The van der Waals surface area contributed by atoms with Crippen molar-refractivity contribution in [3.8, 4) is 0 Å². The van der Waals surface area contributed by atoms with E-state index in [1.54, 1.807) is 24.3 Å². The number of halogens is 1. The molecule has 2 heterocycles. The maximum atomic E-state index is 13.6. The van der Waals surface area contributed by atoms with Crippen LogP contribution in [0.3, 0.4) is 0 Å². The number of fused-ring (bicyclic) bond motifs is 1. The van der Waals surface area contributed by atoms with Gasteiger partial charge >= 0.3 is 5.69 Å². The van der Waals surface area contributed by atoms with Gasteiger partial charge in [-0.25, -0.2) is 9.18 Å². The zero-order valence-electron chi connectivity index (χ0n) is 13.2. The Bertz CT molecular complexity index is 920. The van der Waals surface area contributed by atoms with Crippen molar-refractivity contribution in [2.75, 3.05) is 5.73 Å². The predicted molar refractivity (Wildman–Crippen MR) is 86.5 cm³/mol. The molecule has 2 amide bonds. The van der Waals surface area contributed by atoms with Crippen LogP contribution in [0.5, 0.6) is 0 Å². The lowest BCUT2D eigenvalue weighted by atomic mass is 10.1. The Morgan fingerprint density at radius 2 is 1.64 bits per heavy atom. The number of nitrogen functional groups attached to an aromatic ring is 1. The quantitative estimate of drug-likeness (QED) is 0.831. The Hall–Kier alpha value is -3.03. The highest BCUT2D eigenvalue weighted by atomic mass is 19.1. The van der Waals surface area contributed by atoms with Crippen molar-refractivity contribution in [1.82, 2.24) is 14.5 Å². The van der Waals surface area contributed by atoms with Crippen LogP contribution >= 0.6 is 0 Å². The molecule has 0 bridgehead atoms. The van der Waals surface area contributed by atoms with Crippen LogP contribution in [0.2, 0.25) is 0 Å². The fourth-order valence-corrected chi connectivity index (χ4v) is 3.68. The van der Waals surface area contributed by atoms with Crippen molar-refractivity contribution in [3.63, 3.8) is 0 Å². The van der Waals surface area contributed by atoms with Gasteiger partial charge in [-0.2, -0.15) is 4.98 Å². The fourth-order valence-electron chi connectivity index (χ4n) is 3.68. The van der Waals surface area contributed by atoms with Gasteiger partial charge in [-0.1, -0.05) is 12.1 Å². The number of carbonyl (C=O) groups is 2. The Balaban J connectivity index is 1.60. The van der Waals surface area contributed by atoms with Crippen molar-refractivity contribution in [1.29, 1.82) is 0 Å². The molecule has 2 aliphatic rings. The smallest absolute Gasteiger partial charge is 0.349 e. The van der Waals surface area contributed by atoms with Gasteiger partial charge in [0, 0.05) is 18.3 Å². The topological polar surface area (TPSA) is 98.3 Å². The van der Waals surface area contributed by atoms with Crippen molar-refractivity contribution >= 4 is 17.6 Å². The number of amides is 2. The monoisotopic (exact) mass is 342 g/mol. The summed E-state index contributed by atoms with van der Waals surface area (Å²) in [5.41, 5.74) is 5.46. The van der Waals surface area contributed by atoms with Gasteiger partial charge in [0.2, 0.25) is 0 Å². The molecule has 1 aromatic carbocycles. The second-order valence-corrected chi connectivity index (χ2v) is 6.31. The number of aromatic nitrogens is 2. The summed E-state index contributed by atoms with van der Waals surface area (Å²) in [5, 5.41) is 0. The van der Waals surface area contributed by atoms with E-state index in [2.05, 4.69) is 4.98 Å². The summed E-state index contributed by atoms with van der Waals surface area (Å²) < 4.78 is 14.8. The van der Waals surface area contributed by atoms with Crippen LogP contribution in [0.25, 0.3) is 0 Å². The molecule has 1 unspecified atom stereocenters. The summed E-state index contributed by atoms with van der Waals surface area (Å²) in [4.78, 5) is 41.8. The van der Waals surface area contributed by atoms with Gasteiger partial charge in [0.25, 0.3) is 11.8 Å². The lowest BCUT2D eigenvalue weighted by Gasteiger charge is -2.22. The van der Waals surface area contributed by atoms with Crippen molar-refractivity contribution < 1.29 is 14.0 Å². The first kappa shape index (κ1) is 15.5. The molecule has 0 spiro atoms. The first-order valence-corrected chi connectivity index (χ1v) is 7.98. The fraction of sp³-hybridized carbons (Fsp3) is 0.294. The number of imide groups is 1. The average molecular weight is 342 g/mol. The number of nitrogens with two attached hydrogens (primary N) is 1. The summed E-state index contributed by atoms with van der Waals surface area (Å²) in [6, 6.07) is 6.03. The van der Waals surface area contributed by atoms with Crippen LogP contribution in [0, 0.1) is 5.82 Å². The molecule has 128 valence electrons. The molecular formula is C17H15FN4O3. The molecule has 2 atom stereocenters. The second kappa shape index (κ2) is 5.51. The molecule has 7 nitrogen and oxygen atoms in total. The lowest BCUT2D eigenvalue weighted by molar-refractivity contribution is 0.0585. The number of hydrogen-bond acceptors (Lipinski definition) is 5. The van der Waals surface area contributed by atoms with E-state index in [0.717, 1.165) is 6.20 Å². The van der Waals surface area contributed by atoms with Crippen LogP contribution in [0.15, 0.2) is 35.3 Å². The minimum atomic E-state index is -0.760. The van der Waals surface area contributed by atoms with Gasteiger partial charge in [-0.05, 0) is 31.4 Å². The van der Waals surface area contributed by atoms with E-state index in [1.165, 1.54) is 9.47 Å². The molecule has 8 heteroatoms. The highest BCUT2D eigenvalue weighted by molar-refractivity contribution is 6.21. The van der Waals surface area contributed by atoms with E-state index < -0.39 is 17.3 Å². The Kier molecular flexibility index (Phi) is 3.41. The van der Waals surface area contributed by atoms with Crippen LogP contribution in [0.4, 0.5) is 10.2 Å². The summed E-state index contributed by atoms with van der Waals surface area (Å²) in [6.45, 7) is 0. The number of hydrogen-bond donors (Lipinski definition) is 1. The van der Waals surface area contributed by atoms with E-state index >= 15 is 0 Å². The predicted octanol–water partition coefficient (Wildman–Crippen LogP) is 1.35. The van der Waals surface area contributed by atoms with Gasteiger partial charge < -0.3 is 5.73 Å². The van der Waals surface area contributed by atoms with Crippen molar-refractivity contribution in [2.24, 2.45) is 0 Å². The molecule has 4 rings (SSSR count). The van der Waals surface area contributed by atoms with E-state index in [0.29, 0.717) is 30.4 Å². The molecule has 0 radical (unpaired) electrons. The van der Waals surface area contributed by atoms with Crippen LogP contribution < -0.4 is 11.4 Å². The highest BCUT2D eigenvalue weighted by Crippen LogP contribution is 2.36. The van der Waals surface area contributed by atoms with Gasteiger partial charge in [0.15, 0.2) is 11.6 Å². The van der Waals surface area contributed by atoms with E-state index in [1.807, 2.05) is 0 Å². The molecule has 1 aliphatic heterocycles. The number of benzene rings is 1. The molecule has 1 aromatic heterocycles. The molecule has 25 heavy (non-hydrogen) atoms. The van der Waals surface area contributed by atoms with Gasteiger partial charge in [0.1, 0.15) is 0 Å². The minimum Gasteiger partial charge on any atom is -0.381 e. The lowest BCUT2D eigenvalue weighted by Crippen LogP contribution is -2.38. The number of anilines is 1. The van der Waals surface area contributed by atoms with Gasteiger partial charge in [-0.3, -0.25) is 19.1 Å². The van der Waals surface area contributed by atoms with Crippen molar-refractivity contribution in [2.45, 2.75) is 31.3 Å². The summed E-state index contributed by atoms with van der Waals surface area (Å²) >= 11 is 0. The first-order chi connectivity index (χ1) is 12.0. The molecule has 1 aliphatic carbocycles. The van der Waals surface area contributed by atoms with Crippen molar-refractivity contribution in [3.05, 3.63) is 57.9 Å². The highest BCUT2D eigenvalue weighted by Gasteiger charge is 2.42. The first-order valence-electron chi connectivity index (χ1n) is 7.98. The third kappa shape index (κ3) is 2.33. The van der Waals surface area contributed by atoms with Gasteiger partial charge in [0.05, 0.1) is 11.1 Å². The zero-order chi connectivity index (χ0) is 17.7. The Morgan fingerprint density at radius 1 is 1.04 bits per heavy atom. The van der Waals surface area contributed by atoms with E-state index in [4.69, 9.17) is 5.73 Å². The maximum absolute atomic E-state index is 13.6. The molecule has 2 N–H and O–H groups in total. The summed E-state index contributed by atoms with van der Waals surface area (Å²) in [6.07, 6.45) is 2.52. The molecule has 2 aromatic rings. The standard InChI is InChI=1S/C17H15FN4O3/c18-13-8-21(17(25)20-14(13)19)9-5-6-10(7-9)22-15(23)11-3-1-2-4-12(11)16(22)24/h1-4,8-10H,5-7H2,(H2,19,20,25)/t9-,10?/m0/s1. The second-order valence-electron chi connectivity index (χ2n) is 6.31. The molecule has 0 saturated heterocycles. The van der Waals surface area contributed by atoms with Crippen LogP contribution in [-0.2, 0) is 0 Å². The molecular weight excluding hydrogens is 327 g/mol. The molecule has 1 saturated carbocycles. The van der Waals surface area contributed by atoms with Crippen LogP contribution in [0.1, 0.15) is 46.0 Å². The third-order valence-corrected chi connectivity index (χ3v) is 4.90. The Labute approximate surface area is 141 Å². The maximum Gasteiger partial charge on any atom is 0.349 e. The largest absolute Gasteiger partial charge is 0.381 e. The Morgan fingerprint density at radius 3 is 2.28 bits per heavy atom. The van der Waals surface area contributed by atoms with E-state index in [9.17, 15) is 18.8 Å². The van der Waals surface area contributed by atoms with Gasteiger partial charge in [-0.15, -0.1) is 0 Å². The third-order valence-electron chi connectivity index (χ3n) is 4.90. The normalized spacial score (nSPS) is 22.5. The number of rotatable bonds is 2. The number of nitrogens with zero attached hydrogens (tertiary/aromatic N) is 3. The average Bonchev–Trinajstić information content (AvgIpc) is 3.15. The number of carbonyl (C=O) groups excluding carboxylic acids is 2. The minimum absolute atomic E-state index is 0.319. The van der Waals surface area contributed by atoms with E-state index in [-0.39, 0.29) is 23.9 Å². The van der Waals surface area contributed by atoms with Crippen LogP contribution in [-0.4, -0.2) is 32.3 Å². The summed E-state index contributed by atoms with van der Waals surface area (Å²) in [7, 11) is 0. The summed E-state index contributed by atoms with van der Waals surface area (Å²) in [5.74, 6) is -1.83.